The molecule has 1 aromatic rings. The van der Waals surface area contributed by atoms with Crippen molar-refractivity contribution < 1.29 is 5.11 Å². The van der Waals surface area contributed by atoms with Gasteiger partial charge in [0.25, 0.3) is 0 Å². The number of hydrogen-bond acceptors (Lipinski definition) is 2. The SMILES string of the molecule is CCc1cc(C)n(CCO)n1. The lowest BCUT2D eigenvalue weighted by atomic mass is 10.3. The first-order valence-electron chi connectivity index (χ1n) is 3.92. The molecular weight excluding hydrogens is 140 g/mol. The van der Waals surface area contributed by atoms with E-state index < -0.39 is 0 Å². The largest absolute Gasteiger partial charge is 0.394 e. The molecule has 0 spiro atoms. The van der Waals surface area contributed by atoms with E-state index in [-0.39, 0.29) is 6.61 Å². The van der Waals surface area contributed by atoms with Gasteiger partial charge in [-0.15, -0.1) is 0 Å². The number of aryl methyl sites for hydroxylation is 2. The van der Waals surface area contributed by atoms with Crippen molar-refractivity contribution in [2.45, 2.75) is 26.8 Å². The van der Waals surface area contributed by atoms with E-state index in [1.54, 1.807) is 0 Å². The third-order valence-corrected chi connectivity index (χ3v) is 1.71. The maximum absolute atomic E-state index is 8.67. The van der Waals surface area contributed by atoms with Crippen LogP contribution < -0.4 is 0 Å². The summed E-state index contributed by atoms with van der Waals surface area (Å²) in [4.78, 5) is 0. The van der Waals surface area contributed by atoms with Crippen LogP contribution in [0.25, 0.3) is 0 Å². The zero-order valence-electron chi connectivity index (χ0n) is 7.04. The molecule has 0 radical (unpaired) electrons. The summed E-state index contributed by atoms with van der Waals surface area (Å²) in [5.41, 5.74) is 2.21. The van der Waals surface area contributed by atoms with Gasteiger partial charge >= 0.3 is 0 Å². The highest BCUT2D eigenvalue weighted by atomic mass is 16.3. The highest BCUT2D eigenvalue weighted by molar-refractivity contribution is 5.08. The van der Waals surface area contributed by atoms with Crippen LogP contribution in [0.15, 0.2) is 6.07 Å². The van der Waals surface area contributed by atoms with Crippen LogP contribution in [0.3, 0.4) is 0 Å². The van der Waals surface area contributed by atoms with Gasteiger partial charge in [0.2, 0.25) is 0 Å². The molecule has 0 saturated heterocycles. The normalized spacial score (nSPS) is 10.5. The Bertz CT molecular complexity index is 230. The number of hydrogen-bond donors (Lipinski definition) is 1. The molecule has 0 aliphatic heterocycles. The minimum Gasteiger partial charge on any atom is -0.394 e. The Kier molecular flexibility index (Phi) is 2.65. The number of aliphatic hydroxyl groups is 1. The lowest BCUT2D eigenvalue weighted by molar-refractivity contribution is 0.267. The Morgan fingerprint density at radius 1 is 1.64 bits per heavy atom. The van der Waals surface area contributed by atoms with Crippen LogP contribution in [0.1, 0.15) is 18.3 Å². The predicted octanol–water partition coefficient (Wildman–Crippen LogP) is 0.746. The van der Waals surface area contributed by atoms with Gasteiger partial charge in [-0.2, -0.15) is 5.10 Å². The molecule has 3 heteroatoms. The average molecular weight is 154 g/mol. The summed E-state index contributed by atoms with van der Waals surface area (Å²) in [6.07, 6.45) is 0.958. The van der Waals surface area contributed by atoms with E-state index in [0.29, 0.717) is 6.54 Å². The molecule has 0 amide bonds. The minimum absolute atomic E-state index is 0.158. The van der Waals surface area contributed by atoms with Crippen LogP contribution in [0.4, 0.5) is 0 Å². The summed E-state index contributed by atoms with van der Waals surface area (Å²) in [5, 5.41) is 12.9. The summed E-state index contributed by atoms with van der Waals surface area (Å²) in [6, 6.07) is 2.05. The fraction of sp³-hybridized carbons (Fsp3) is 0.625. The Labute approximate surface area is 66.7 Å². The van der Waals surface area contributed by atoms with Crippen molar-refractivity contribution in [2.75, 3.05) is 6.61 Å². The molecule has 62 valence electrons. The molecule has 1 N–H and O–H groups in total. The van der Waals surface area contributed by atoms with E-state index in [0.717, 1.165) is 17.8 Å². The highest BCUT2D eigenvalue weighted by Gasteiger charge is 2.00. The van der Waals surface area contributed by atoms with Crippen LogP contribution in [-0.2, 0) is 13.0 Å². The molecule has 0 atom stereocenters. The van der Waals surface area contributed by atoms with E-state index in [9.17, 15) is 0 Å². The van der Waals surface area contributed by atoms with Crippen molar-refractivity contribution in [2.24, 2.45) is 0 Å². The third kappa shape index (κ3) is 1.80. The first-order valence-corrected chi connectivity index (χ1v) is 3.92. The lowest BCUT2D eigenvalue weighted by Crippen LogP contribution is -2.05. The topological polar surface area (TPSA) is 38.0 Å². The lowest BCUT2D eigenvalue weighted by Gasteiger charge is -1.98. The quantitative estimate of drug-likeness (QED) is 0.697. The van der Waals surface area contributed by atoms with Crippen LogP contribution >= 0.6 is 0 Å². The van der Waals surface area contributed by atoms with Crippen molar-refractivity contribution in [3.63, 3.8) is 0 Å². The van der Waals surface area contributed by atoms with Crippen molar-refractivity contribution in [1.29, 1.82) is 0 Å². The van der Waals surface area contributed by atoms with Gasteiger partial charge in [0, 0.05) is 5.69 Å². The van der Waals surface area contributed by atoms with Gasteiger partial charge in [0.05, 0.1) is 18.8 Å². The molecule has 0 aromatic carbocycles. The molecule has 3 nitrogen and oxygen atoms in total. The van der Waals surface area contributed by atoms with Crippen LogP contribution in [0.2, 0.25) is 0 Å². The second-order valence-electron chi connectivity index (χ2n) is 2.58. The second-order valence-corrected chi connectivity index (χ2v) is 2.58. The number of aromatic nitrogens is 2. The van der Waals surface area contributed by atoms with Gasteiger partial charge in [0.15, 0.2) is 0 Å². The first-order chi connectivity index (χ1) is 5.27. The van der Waals surface area contributed by atoms with Crippen LogP contribution in [0.5, 0.6) is 0 Å². The molecule has 1 rings (SSSR count). The van der Waals surface area contributed by atoms with Gasteiger partial charge in [-0.1, -0.05) is 6.92 Å². The first kappa shape index (κ1) is 8.27. The van der Waals surface area contributed by atoms with Gasteiger partial charge in [-0.25, -0.2) is 0 Å². The predicted molar refractivity (Wildman–Crippen MR) is 43.4 cm³/mol. The van der Waals surface area contributed by atoms with E-state index in [4.69, 9.17) is 5.11 Å². The van der Waals surface area contributed by atoms with E-state index in [1.165, 1.54) is 0 Å². The molecule has 1 heterocycles. The summed E-state index contributed by atoms with van der Waals surface area (Å²) in [6.45, 7) is 4.84. The fourth-order valence-electron chi connectivity index (χ4n) is 1.07. The molecule has 0 fully saturated rings. The summed E-state index contributed by atoms with van der Waals surface area (Å²) >= 11 is 0. The van der Waals surface area contributed by atoms with E-state index in [1.807, 2.05) is 11.6 Å². The van der Waals surface area contributed by atoms with E-state index in [2.05, 4.69) is 18.1 Å². The highest BCUT2D eigenvalue weighted by Crippen LogP contribution is 2.02. The number of nitrogens with zero attached hydrogens (tertiary/aromatic N) is 2. The molecule has 0 bridgehead atoms. The fourth-order valence-corrected chi connectivity index (χ4v) is 1.07. The molecule has 0 unspecified atom stereocenters. The van der Waals surface area contributed by atoms with Gasteiger partial charge in [0.1, 0.15) is 0 Å². The van der Waals surface area contributed by atoms with Crippen molar-refractivity contribution >= 4 is 0 Å². The van der Waals surface area contributed by atoms with E-state index >= 15 is 0 Å². The maximum atomic E-state index is 8.67. The molecular formula is C8H14N2O. The molecule has 1 aromatic heterocycles. The van der Waals surface area contributed by atoms with Crippen molar-refractivity contribution in [3.05, 3.63) is 17.5 Å². The molecule has 0 saturated carbocycles. The molecule has 0 aliphatic carbocycles. The zero-order chi connectivity index (χ0) is 8.27. The smallest absolute Gasteiger partial charge is 0.0643 e. The van der Waals surface area contributed by atoms with Crippen LogP contribution in [0, 0.1) is 6.92 Å². The Hall–Kier alpha value is -0.830. The Balaban J connectivity index is 2.79. The average Bonchev–Trinajstić information content (AvgIpc) is 2.33. The summed E-state index contributed by atoms with van der Waals surface area (Å²) in [7, 11) is 0. The second kappa shape index (κ2) is 3.53. The zero-order valence-corrected chi connectivity index (χ0v) is 7.04. The minimum atomic E-state index is 0.158. The maximum Gasteiger partial charge on any atom is 0.0643 e. The number of aliphatic hydroxyl groups excluding tert-OH is 1. The van der Waals surface area contributed by atoms with Gasteiger partial charge in [-0.05, 0) is 19.4 Å². The Morgan fingerprint density at radius 2 is 2.36 bits per heavy atom. The number of rotatable bonds is 3. The summed E-state index contributed by atoms with van der Waals surface area (Å²) in [5.74, 6) is 0. The summed E-state index contributed by atoms with van der Waals surface area (Å²) < 4.78 is 1.83. The van der Waals surface area contributed by atoms with Crippen LogP contribution in [-0.4, -0.2) is 21.5 Å². The van der Waals surface area contributed by atoms with Gasteiger partial charge in [-0.3, -0.25) is 4.68 Å². The van der Waals surface area contributed by atoms with Crippen molar-refractivity contribution in [1.82, 2.24) is 9.78 Å². The molecule has 11 heavy (non-hydrogen) atoms. The molecule has 0 aliphatic rings. The standard InChI is InChI=1S/C8H14N2O/c1-3-8-6-7(2)10(9-8)4-5-11/h6,11H,3-5H2,1-2H3. The third-order valence-electron chi connectivity index (χ3n) is 1.71. The Morgan fingerprint density at radius 3 is 2.82 bits per heavy atom. The van der Waals surface area contributed by atoms with Gasteiger partial charge < -0.3 is 5.11 Å². The monoisotopic (exact) mass is 154 g/mol. The van der Waals surface area contributed by atoms with Crippen molar-refractivity contribution in [3.8, 4) is 0 Å².